The monoisotopic (exact) mass is 324 g/mol. The highest BCUT2D eigenvalue weighted by Crippen LogP contribution is 2.32. The van der Waals surface area contributed by atoms with Gasteiger partial charge >= 0.3 is 0 Å². The molecule has 0 saturated heterocycles. The van der Waals surface area contributed by atoms with Gasteiger partial charge < -0.3 is 5.73 Å². The molecule has 0 spiro atoms. The van der Waals surface area contributed by atoms with Crippen LogP contribution in [0.4, 0.5) is 0 Å². The van der Waals surface area contributed by atoms with Gasteiger partial charge in [-0.1, -0.05) is 47.8 Å². The Kier molecular flexibility index (Phi) is 5.43. The second-order valence-corrected chi connectivity index (χ2v) is 6.54. The van der Waals surface area contributed by atoms with Crippen molar-refractivity contribution in [3.05, 3.63) is 34.3 Å². The van der Waals surface area contributed by atoms with Crippen LogP contribution in [-0.2, 0) is 0 Å². The number of likely N-dealkylation sites (N-methyl/N-ethyl adjacent to an activating group) is 1. The molecule has 2 atom stereocenters. The average Bonchev–Trinajstić information content (AvgIpc) is 2.90. The van der Waals surface area contributed by atoms with Gasteiger partial charge in [0.2, 0.25) is 0 Å². The largest absolute Gasteiger partial charge is 0.326 e. The SMILES string of the molecule is CCN(C1CCCC1)C(c1ccc(Br)cc1)C(C)N. The molecule has 0 aliphatic heterocycles. The zero-order valence-corrected chi connectivity index (χ0v) is 13.6. The molecule has 2 rings (SSSR count). The smallest absolute Gasteiger partial charge is 0.0499 e. The van der Waals surface area contributed by atoms with Gasteiger partial charge in [-0.15, -0.1) is 0 Å². The van der Waals surface area contributed by atoms with Crippen molar-refractivity contribution < 1.29 is 0 Å². The molecule has 2 nitrogen and oxygen atoms in total. The second kappa shape index (κ2) is 6.87. The van der Waals surface area contributed by atoms with Crippen LogP contribution < -0.4 is 5.73 Å². The van der Waals surface area contributed by atoms with E-state index in [0.717, 1.165) is 11.0 Å². The maximum absolute atomic E-state index is 6.30. The number of nitrogens with two attached hydrogens (primary N) is 1. The van der Waals surface area contributed by atoms with Crippen LogP contribution in [0.15, 0.2) is 28.7 Å². The highest BCUT2D eigenvalue weighted by molar-refractivity contribution is 9.10. The lowest BCUT2D eigenvalue weighted by molar-refractivity contribution is 0.127. The summed E-state index contributed by atoms with van der Waals surface area (Å²) in [5.41, 5.74) is 7.64. The molecule has 1 aliphatic carbocycles. The molecule has 1 aromatic carbocycles. The number of rotatable bonds is 5. The molecular formula is C16H25BrN2. The zero-order chi connectivity index (χ0) is 13.8. The van der Waals surface area contributed by atoms with Gasteiger partial charge in [0, 0.05) is 22.6 Å². The summed E-state index contributed by atoms with van der Waals surface area (Å²) < 4.78 is 1.13. The van der Waals surface area contributed by atoms with Gasteiger partial charge in [-0.25, -0.2) is 0 Å². The van der Waals surface area contributed by atoms with E-state index in [-0.39, 0.29) is 6.04 Å². The molecule has 19 heavy (non-hydrogen) atoms. The van der Waals surface area contributed by atoms with Gasteiger partial charge in [0.1, 0.15) is 0 Å². The summed E-state index contributed by atoms with van der Waals surface area (Å²) in [6.45, 7) is 5.46. The van der Waals surface area contributed by atoms with E-state index in [1.54, 1.807) is 0 Å². The summed E-state index contributed by atoms with van der Waals surface area (Å²) >= 11 is 3.51. The van der Waals surface area contributed by atoms with Crippen molar-refractivity contribution >= 4 is 15.9 Å². The van der Waals surface area contributed by atoms with Crippen molar-refractivity contribution in [2.75, 3.05) is 6.54 Å². The van der Waals surface area contributed by atoms with E-state index in [9.17, 15) is 0 Å². The Labute approximate surface area is 125 Å². The van der Waals surface area contributed by atoms with Crippen molar-refractivity contribution in [1.29, 1.82) is 0 Å². The van der Waals surface area contributed by atoms with E-state index in [4.69, 9.17) is 5.73 Å². The molecule has 1 aromatic rings. The van der Waals surface area contributed by atoms with E-state index in [0.29, 0.717) is 12.1 Å². The number of halogens is 1. The second-order valence-electron chi connectivity index (χ2n) is 5.62. The van der Waals surface area contributed by atoms with E-state index in [1.165, 1.54) is 31.2 Å². The molecule has 2 N–H and O–H groups in total. The molecule has 3 heteroatoms. The van der Waals surface area contributed by atoms with Gasteiger partial charge in [-0.05, 0) is 44.0 Å². The molecule has 2 unspecified atom stereocenters. The molecule has 0 aromatic heterocycles. The van der Waals surface area contributed by atoms with Crippen LogP contribution in [0.3, 0.4) is 0 Å². The normalized spacial score (nSPS) is 19.8. The van der Waals surface area contributed by atoms with Crippen molar-refractivity contribution in [2.24, 2.45) is 5.73 Å². The summed E-state index contributed by atoms with van der Waals surface area (Å²) in [6.07, 6.45) is 5.39. The van der Waals surface area contributed by atoms with E-state index in [2.05, 4.69) is 58.9 Å². The minimum atomic E-state index is 0.154. The van der Waals surface area contributed by atoms with Crippen molar-refractivity contribution in [2.45, 2.75) is 57.7 Å². The van der Waals surface area contributed by atoms with E-state index in [1.807, 2.05) is 0 Å². The standard InChI is InChI=1S/C16H25BrN2/c1-3-19(15-6-4-5-7-15)16(12(2)18)13-8-10-14(17)11-9-13/h8-12,15-16H,3-7,18H2,1-2H3. The first-order valence-corrected chi connectivity index (χ1v) is 8.19. The fourth-order valence-electron chi connectivity index (χ4n) is 3.37. The lowest BCUT2D eigenvalue weighted by atomic mass is 9.97. The zero-order valence-electron chi connectivity index (χ0n) is 12.0. The fraction of sp³-hybridized carbons (Fsp3) is 0.625. The Hall–Kier alpha value is -0.380. The quantitative estimate of drug-likeness (QED) is 0.883. The summed E-state index contributed by atoms with van der Waals surface area (Å²) in [4.78, 5) is 2.61. The lowest BCUT2D eigenvalue weighted by Crippen LogP contribution is -2.44. The van der Waals surface area contributed by atoms with Crippen LogP contribution in [0.25, 0.3) is 0 Å². The Bertz CT molecular complexity index is 382. The third-order valence-electron chi connectivity index (χ3n) is 4.23. The minimum Gasteiger partial charge on any atom is -0.326 e. The molecule has 0 heterocycles. The molecule has 0 bridgehead atoms. The van der Waals surface area contributed by atoms with Crippen molar-refractivity contribution in [3.8, 4) is 0 Å². The Morgan fingerprint density at radius 3 is 2.32 bits per heavy atom. The summed E-state index contributed by atoms with van der Waals surface area (Å²) in [7, 11) is 0. The first kappa shape index (κ1) is 15.0. The van der Waals surface area contributed by atoms with Crippen molar-refractivity contribution in [1.82, 2.24) is 4.90 Å². The van der Waals surface area contributed by atoms with Crippen LogP contribution >= 0.6 is 15.9 Å². The molecule has 0 amide bonds. The fourth-order valence-corrected chi connectivity index (χ4v) is 3.64. The summed E-state index contributed by atoms with van der Waals surface area (Å²) in [5.74, 6) is 0. The molecular weight excluding hydrogens is 300 g/mol. The number of hydrogen-bond acceptors (Lipinski definition) is 2. The predicted molar refractivity (Wildman–Crippen MR) is 85.2 cm³/mol. The van der Waals surface area contributed by atoms with Crippen LogP contribution in [0.2, 0.25) is 0 Å². The van der Waals surface area contributed by atoms with Gasteiger partial charge in [0.25, 0.3) is 0 Å². The van der Waals surface area contributed by atoms with Crippen LogP contribution in [0.5, 0.6) is 0 Å². The average molecular weight is 325 g/mol. The van der Waals surface area contributed by atoms with E-state index < -0.39 is 0 Å². The molecule has 106 valence electrons. The predicted octanol–water partition coefficient (Wildman–Crippen LogP) is 4.10. The highest BCUT2D eigenvalue weighted by Gasteiger charge is 2.30. The molecule has 1 saturated carbocycles. The highest BCUT2D eigenvalue weighted by atomic mass is 79.9. The van der Waals surface area contributed by atoms with Gasteiger partial charge in [0.15, 0.2) is 0 Å². The first-order chi connectivity index (χ1) is 9.13. The summed E-state index contributed by atoms with van der Waals surface area (Å²) in [6, 6.07) is 9.85. The van der Waals surface area contributed by atoms with Gasteiger partial charge in [0.05, 0.1) is 0 Å². The third kappa shape index (κ3) is 3.59. The topological polar surface area (TPSA) is 29.3 Å². The molecule has 1 aliphatic rings. The summed E-state index contributed by atoms with van der Waals surface area (Å²) in [5, 5.41) is 0. The Balaban J connectivity index is 2.24. The van der Waals surface area contributed by atoms with E-state index >= 15 is 0 Å². The molecule has 0 radical (unpaired) electrons. The third-order valence-corrected chi connectivity index (χ3v) is 4.75. The van der Waals surface area contributed by atoms with Crippen LogP contribution in [0, 0.1) is 0 Å². The number of benzene rings is 1. The van der Waals surface area contributed by atoms with Gasteiger partial charge in [-0.3, -0.25) is 4.90 Å². The van der Waals surface area contributed by atoms with Crippen molar-refractivity contribution in [3.63, 3.8) is 0 Å². The minimum absolute atomic E-state index is 0.154. The maximum Gasteiger partial charge on any atom is 0.0499 e. The Morgan fingerprint density at radius 2 is 1.84 bits per heavy atom. The Morgan fingerprint density at radius 1 is 1.26 bits per heavy atom. The lowest BCUT2D eigenvalue weighted by Gasteiger charge is -2.38. The van der Waals surface area contributed by atoms with Crippen LogP contribution in [0.1, 0.15) is 51.1 Å². The maximum atomic E-state index is 6.30. The molecule has 1 fully saturated rings. The van der Waals surface area contributed by atoms with Crippen LogP contribution in [-0.4, -0.2) is 23.5 Å². The first-order valence-electron chi connectivity index (χ1n) is 7.40. The number of nitrogens with zero attached hydrogens (tertiary/aromatic N) is 1. The number of hydrogen-bond donors (Lipinski definition) is 1. The van der Waals surface area contributed by atoms with Gasteiger partial charge in [-0.2, -0.15) is 0 Å².